The van der Waals surface area contributed by atoms with Gasteiger partial charge in [-0.3, -0.25) is 9.78 Å². The van der Waals surface area contributed by atoms with Gasteiger partial charge in [0.2, 0.25) is 0 Å². The number of nitrogens with one attached hydrogen (secondary N) is 1. The van der Waals surface area contributed by atoms with E-state index >= 15 is 0 Å². The SMILES string of the molecule is O=C(NCC(O)COCC1CC1)c1ccccn1. The molecule has 0 saturated heterocycles. The fourth-order valence-corrected chi connectivity index (χ4v) is 1.51. The normalized spacial score (nSPS) is 16.3. The van der Waals surface area contributed by atoms with Crippen molar-refractivity contribution >= 4 is 5.91 Å². The molecule has 5 nitrogen and oxygen atoms in total. The van der Waals surface area contributed by atoms with Crippen LogP contribution in [0.5, 0.6) is 0 Å². The molecule has 2 rings (SSSR count). The fraction of sp³-hybridized carbons (Fsp3) is 0.538. The summed E-state index contributed by atoms with van der Waals surface area (Å²) in [6, 6.07) is 5.12. The lowest BCUT2D eigenvalue weighted by Crippen LogP contribution is -2.35. The second-order valence-electron chi connectivity index (χ2n) is 4.56. The summed E-state index contributed by atoms with van der Waals surface area (Å²) < 4.78 is 5.34. The Morgan fingerprint density at radius 1 is 1.56 bits per heavy atom. The highest BCUT2D eigenvalue weighted by Crippen LogP contribution is 2.28. The number of rotatable bonds is 7. The minimum Gasteiger partial charge on any atom is -0.389 e. The van der Waals surface area contributed by atoms with Gasteiger partial charge in [0.05, 0.1) is 12.7 Å². The first kappa shape index (κ1) is 13.0. The minimum atomic E-state index is -0.670. The number of carbonyl (C=O) groups excluding carboxylic acids is 1. The van der Waals surface area contributed by atoms with Crippen LogP contribution in [0.2, 0.25) is 0 Å². The molecule has 0 radical (unpaired) electrons. The van der Waals surface area contributed by atoms with Crippen molar-refractivity contribution in [2.45, 2.75) is 18.9 Å². The summed E-state index contributed by atoms with van der Waals surface area (Å²) in [5.74, 6) is 0.400. The maximum absolute atomic E-state index is 11.6. The topological polar surface area (TPSA) is 71.5 Å². The molecule has 1 unspecified atom stereocenters. The highest BCUT2D eigenvalue weighted by molar-refractivity contribution is 5.92. The number of nitrogens with zero attached hydrogens (tertiary/aromatic N) is 1. The summed E-state index contributed by atoms with van der Waals surface area (Å²) in [5, 5.41) is 12.2. The monoisotopic (exact) mass is 250 g/mol. The Morgan fingerprint density at radius 3 is 3.06 bits per heavy atom. The molecule has 1 aliphatic rings. The molecule has 0 spiro atoms. The van der Waals surface area contributed by atoms with Crippen LogP contribution in [0.1, 0.15) is 23.3 Å². The highest BCUT2D eigenvalue weighted by Gasteiger charge is 2.21. The average Bonchev–Trinajstić information content (AvgIpc) is 3.21. The van der Waals surface area contributed by atoms with Gasteiger partial charge in [0.1, 0.15) is 5.69 Å². The minimum absolute atomic E-state index is 0.181. The molecule has 1 fully saturated rings. The van der Waals surface area contributed by atoms with E-state index in [2.05, 4.69) is 10.3 Å². The molecular weight excluding hydrogens is 232 g/mol. The van der Waals surface area contributed by atoms with Crippen molar-refractivity contribution in [3.63, 3.8) is 0 Å². The molecule has 18 heavy (non-hydrogen) atoms. The zero-order valence-electron chi connectivity index (χ0n) is 10.2. The lowest BCUT2D eigenvalue weighted by molar-refractivity contribution is 0.0320. The van der Waals surface area contributed by atoms with Crippen molar-refractivity contribution in [3.8, 4) is 0 Å². The molecular formula is C13H18N2O3. The van der Waals surface area contributed by atoms with Crippen molar-refractivity contribution in [1.29, 1.82) is 0 Å². The standard InChI is InChI=1S/C13H18N2O3/c16-11(9-18-8-10-4-5-10)7-15-13(17)12-3-1-2-6-14-12/h1-3,6,10-11,16H,4-5,7-9H2,(H,15,17). The molecule has 1 aliphatic carbocycles. The molecule has 1 amide bonds. The van der Waals surface area contributed by atoms with Crippen LogP contribution in [-0.4, -0.2) is 41.9 Å². The van der Waals surface area contributed by atoms with E-state index in [1.165, 1.54) is 12.8 Å². The maximum atomic E-state index is 11.6. The maximum Gasteiger partial charge on any atom is 0.269 e. The lowest BCUT2D eigenvalue weighted by Gasteiger charge is -2.12. The molecule has 1 aromatic heterocycles. The molecule has 1 atom stereocenters. The number of hydrogen-bond acceptors (Lipinski definition) is 4. The van der Waals surface area contributed by atoms with Gasteiger partial charge in [-0.05, 0) is 30.9 Å². The zero-order valence-corrected chi connectivity index (χ0v) is 10.2. The van der Waals surface area contributed by atoms with Gasteiger partial charge in [-0.2, -0.15) is 0 Å². The summed E-state index contributed by atoms with van der Waals surface area (Å²) in [6.07, 6.45) is 3.35. The van der Waals surface area contributed by atoms with Gasteiger partial charge < -0.3 is 15.2 Å². The highest BCUT2D eigenvalue weighted by atomic mass is 16.5. The van der Waals surface area contributed by atoms with Gasteiger partial charge in [0.15, 0.2) is 0 Å². The number of aliphatic hydroxyl groups excluding tert-OH is 1. The third kappa shape index (κ3) is 4.43. The number of aromatic nitrogens is 1. The van der Waals surface area contributed by atoms with Crippen molar-refractivity contribution < 1.29 is 14.6 Å². The van der Waals surface area contributed by atoms with E-state index < -0.39 is 6.10 Å². The van der Waals surface area contributed by atoms with Crippen LogP contribution in [0, 0.1) is 5.92 Å². The molecule has 98 valence electrons. The van der Waals surface area contributed by atoms with Crippen molar-refractivity contribution in [2.75, 3.05) is 19.8 Å². The van der Waals surface area contributed by atoms with Gasteiger partial charge in [-0.15, -0.1) is 0 Å². The first-order valence-corrected chi connectivity index (χ1v) is 6.20. The predicted octanol–water partition coefficient (Wildman–Crippen LogP) is 0.599. The molecule has 5 heteroatoms. The summed E-state index contributed by atoms with van der Waals surface area (Å²) in [6.45, 7) is 1.16. The Hall–Kier alpha value is -1.46. The second kappa shape index (κ2) is 6.47. The van der Waals surface area contributed by atoms with E-state index in [4.69, 9.17) is 4.74 Å². The Morgan fingerprint density at radius 2 is 2.39 bits per heavy atom. The second-order valence-corrected chi connectivity index (χ2v) is 4.56. The van der Waals surface area contributed by atoms with E-state index in [-0.39, 0.29) is 19.1 Å². The van der Waals surface area contributed by atoms with E-state index in [0.29, 0.717) is 18.2 Å². The number of ether oxygens (including phenoxy) is 1. The smallest absolute Gasteiger partial charge is 0.269 e. The van der Waals surface area contributed by atoms with Gasteiger partial charge in [-0.1, -0.05) is 6.07 Å². The number of aliphatic hydroxyl groups is 1. The third-order valence-corrected chi connectivity index (χ3v) is 2.76. The molecule has 1 heterocycles. The Labute approximate surface area is 106 Å². The van der Waals surface area contributed by atoms with Gasteiger partial charge in [0.25, 0.3) is 5.91 Å². The van der Waals surface area contributed by atoms with E-state index in [1.807, 2.05) is 0 Å². The first-order valence-electron chi connectivity index (χ1n) is 6.20. The first-order chi connectivity index (χ1) is 8.75. The van der Waals surface area contributed by atoms with Crippen LogP contribution < -0.4 is 5.32 Å². The number of hydrogen-bond donors (Lipinski definition) is 2. The van der Waals surface area contributed by atoms with Crippen LogP contribution in [-0.2, 0) is 4.74 Å². The summed E-state index contributed by atoms with van der Waals surface area (Å²) in [4.78, 5) is 15.5. The van der Waals surface area contributed by atoms with Crippen LogP contribution in [0.25, 0.3) is 0 Å². The van der Waals surface area contributed by atoms with E-state index in [1.54, 1.807) is 24.4 Å². The Balaban J connectivity index is 1.62. The van der Waals surface area contributed by atoms with Gasteiger partial charge in [0, 0.05) is 19.3 Å². The number of pyridine rings is 1. The van der Waals surface area contributed by atoms with E-state index in [0.717, 1.165) is 0 Å². The zero-order chi connectivity index (χ0) is 12.8. The quantitative estimate of drug-likeness (QED) is 0.743. The van der Waals surface area contributed by atoms with Crippen LogP contribution in [0.15, 0.2) is 24.4 Å². The molecule has 1 aromatic rings. The van der Waals surface area contributed by atoms with Gasteiger partial charge >= 0.3 is 0 Å². The lowest BCUT2D eigenvalue weighted by atomic mass is 10.3. The third-order valence-electron chi connectivity index (χ3n) is 2.76. The van der Waals surface area contributed by atoms with Crippen LogP contribution >= 0.6 is 0 Å². The predicted molar refractivity (Wildman–Crippen MR) is 66.1 cm³/mol. The average molecular weight is 250 g/mol. The molecule has 2 N–H and O–H groups in total. The number of amides is 1. The summed E-state index contributed by atoms with van der Waals surface area (Å²) in [7, 11) is 0. The molecule has 0 bridgehead atoms. The van der Waals surface area contributed by atoms with Crippen LogP contribution in [0.4, 0.5) is 0 Å². The molecule has 0 aromatic carbocycles. The van der Waals surface area contributed by atoms with E-state index in [9.17, 15) is 9.90 Å². The number of carbonyl (C=O) groups is 1. The summed E-state index contributed by atoms with van der Waals surface area (Å²) in [5.41, 5.74) is 0.351. The molecule has 1 saturated carbocycles. The largest absolute Gasteiger partial charge is 0.389 e. The molecule has 0 aliphatic heterocycles. The van der Waals surface area contributed by atoms with Crippen molar-refractivity contribution in [1.82, 2.24) is 10.3 Å². The van der Waals surface area contributed by atoms with Crippen molar-refractivity contribution in [2.24, 2.45) is 5.92 Å². The van der Waals surface area contributed by atoms with Crippen molar-refractivity contribution in [3.05, 3.63) is 30.1 Å². The van der Waals surface area contributed by atoms with Gasteiger partial charge in [-0.25, -0.2) is 0 Å². The summed E-state index contributed by atoms with van der Waals surface area (Å²) >= 11 is 0. The fourth-order valence-electron chi connectivity index (χ4n) is 1.51. The van der Waals surface area contributed by atoms with Crippen LogP contribution in [0.3, 0.4) is 0 Å². The Bertz CT molecular complexity index is 379. The Kier molecular flexibility index (Phi) is 4.66.